The number of rotatable bonds is 2. The molecule has 0 aliphatic heterocycles. The van der Waals surface area contributed by atoms with E-state index >= 15 is 0 Å². The van der Waals surface area contributed by atoms with E-state index in [-0.39, 0.29) is 5.41 Å². The van der Waals surface area contributed by atoms with Gasteiger partial charge in [0.25, 0.3) is 0 Å². The van der Waals surface area contributed by atoms with Crippen molar-refractivity contribution in [1.82, 2.24) is 10.2 Å². The van der Waals surface area contributed by atoms with E-state index in [0.717, 1.165) is 18.9 Å². The average molecular weight is 205 g/mol. The van der Waals surface area contributed by atoms with Crippen molar-refractivity contribution in [3.8, 4) is 0 Å². The summed E-state index contributed by atoms with van der Waals surface area (Å²) in [5.41, 5.74) is 4.86. The summed E-state index contributed by atoms with van der Waals surface area (Å²) in [5.74, 6) is 0. The van der Waals surface area contributed by atoms with Crippen LogP contribution in [0.5, 0.6) is 0 Å². The Hall–Kier alpha value is -1.04. The summed E-state index contributed by atoms with van der Waals surface area (Å²) in [6.45, 7) is 0.368. The van der Waals surface area contributed by atoms with Crippen molar-refractivity contribution in [1.29, 1.82) is 0 Å². The SMILES string of the molecule is NCC1(c2cc(C(F)(F)F)n[nH]2)CC1. The van der Waals surface area contributed by atoms with Crippen LogP contribution in [0, 0.1) is 0 Å². The van der Waals surface area contributed by atoms with Gasteiger partial charge in [0.1, 0.15) is 0 Å². The molecule has 0 aromatic carbocycles. The second kappa shape index (κ2) is 2.73. The number of nitrogens with one attached hydrogen (secondary N) is 1. The lowest BCUT2D eigenvalue weighted by atomic mass is 10.0. The van der Waals surface area contributed by atoms with Crippen molar-refractivity contribution in [3.05, 3.63) is 17.5 Å². The molecule has 3 N–H and O–H groups in total. The van der Waals surface area contributed by atoms with Crippen LogP contribution in [-0.2, 0) is 11.6 Å². The topological polar surface area (TPSA) is 54.7 Å². The molecule has 0 radical (unpaired) electrons. The lowest BCUT2D eigenvalue weighted by Gasteiger charge is -2.07. The number of nitrogens with two attached hydrogens (primary N) is 1. The second-order valence-corrected chi connectivity index (χ2v) is 3.65. The Morgan fingerprint density at radius 3 is 2.50 bits per heavy atom. The molecular weight excluding hydrogens is 195 g/mol. The molecule has 78 valence electrons. The summed E-state index contributed by atoms with van der Waals surface area (Å²) in [5, 5.41) is 5.65. The highest BCUT2D eigenvalue weighted by molar-refractivity contribution is 5.27. The number of halogens is 3. The normalized spacial score (nSPS) is 19.7. The maximum atomic E-state index is 12.2. The van der Waals surface area contributed by atoms with Crippen molar-refractivity contribution < 1.29 is 13.2 Å². The minimum Gasteiger partial charge on any atom is -0.330 e. The van der Waals surface area contributed by atoms with Crippen molar-refractivity contribution in [2.24, 2.45) is 5.73 Å². The Morgan fingerprint density at radius 2 is 2.14 bits per heavy atom. The highest BCUT2D eigenvalue weighted by Crippen LogP contribution is 2.47. The van der Waals surface area contributed by atoms with Gasteiger partial charge in [-0.2, -0.15) is 18.3 Å². The predicted octanol–water partition coefficient (Wildman–Crippen LogP) is 1.42. The summed E-state index contributed by atoms with van der Waals surface area (Å²) in [7, 11) is 0. The molecule has 6 heteroatoms. The largest absolute Gasteiger partial charge is 0.435 e. The monoisotopic (exact) mass is 205 g/mol. The van der Waals surface area contributed by atoms with Gasteiger partial charge in [-0.05, 0) is 18.9 Å². The molecule has 3 nitrogen and oxygen atoms in total. The van der Waals surface area contributed by atoms with Crippen LogP contribution in [0.3, 0.4) is 0 Å². The third-order valence-electron chi connectivity index (χ3n) is 2.68. The Kier molecular flexibility index (Phi) is 1.85. The molecule has 1 aliphatic rings. The first-order valence-corrected chi connectivity index (χ1v) is 4.31. The smallest absolute Gasteiger partial charge is 0.330 e. The van der Waals surface area contributed by atoms with Crippen molar-refractivity contribution >= 4 is 0 Å². The molecule has 0 atom stereocenters. The highest BCUT2D eigenvalue weighted by atomic mass is 19.4. The molecule has 0 amide bonds. The van der Waals surface area contributed by atoms with Crippen LogP contribution < -0.4 is 5.73 Å². The van der Waals surface area contributed by atoms with E-state index in [4.69, 9.17) is 5.73 Å². The molecule has 1 fully saturated rings. The molecule has 0 saturated heterocycles. The minimum atomic E-state index is -4.38. The van der Waals surface area contributed by atoms with Crippen LogP contribution in [-0.4, -0.2) is 16.7 Å². The van der Waals surface area contributed by atoms with E-state index in [1.54, 1.807) is 0 Å². The number of hydrogen-bond donors (Lipinski definition) is 2. The van der Waals surface area contributed by atoms with Crippen LogP contribution in [0.1, 0.15) is 24.2 Å². The highest BCUT2D eigenvalue weighted by Gasteiger charge is 2.46. The molecule has 1 heterocycles. The van der Waals surface area contributed by atoms with E-state index in [9.17, 15) is 13.2 Å². The van der Waals surface area contributed by atoms with Crippen LogP contribution in [0.25, 0.3) is 0 Å². The van der Waals surface area contributed by atoms with Crippen LogP contribution in [0.15, 0.2) is 6.07 Å². The minimum absolute atomic E-state index is 0.267. The molecule has 1 aromatic heterocycles. The van der Waals surface area contributed by atoms with Crippen molar-refractivity contribution in [2.75, 3.05) is 6.54 Å². The van der Waals surface area contributed by atoms with Crippen molar-refractivity contribution in [2.45, 2.75) is 24.4 Å². The molecule has 1 aromatic rings. The molecule has 14 heavy (non-hydrogen) atoms. The summed E-state index contributed by atoms with van der Waals surface area (Å²) in [6.07, 6.45) is -2.70. The van der Waals surface area contributed by atoms with E-state index in [1.165, 1.54) is 0 Å². The lowest BCUT2D eigenvalue weighted by Crippen LogP contribution is -2.20. The standard InChI is InChI=1S/C8H10F3N3/c9-8(10,11)6-3-5(13-14-6)7(4-12)1-2-7/h3H,1-2,4,12H2,(H,13,14). The zero-order valence-electron chi connectivity index (χ0n) is 7.36. The molecule has 0 bridgehead atoms. The predicted molar refractivity (Wildman–Crippen MR) is 43.6 cm³/mol. The van der Waals surface area contributed by atoms with E-state index < -0.39 is 11.9 Å². The van der Waals surface area contributed by atoms with Crippen molar-refractivity contribution in [3.63, 3.8) is 0 Å². The third-order valence-corrected chi connectivity index (χ3v) is 2.68. The van der Waals surface area contributed by atoms with Gasteiger partial charge in [0, 0.05) is 17.7 Å². The van der Waals surface area contributed by atoms with Gasteiger partial charge in [0.2, 0.25) is 0 Å². The number of hydrogen-bond acceptors (Lipinski definition) is 2. The summed E-state index contributed by atoms with van der Waals surface area (Å²) in [4.78, 5) is 0. The zero-order valence-corrected chi connectivity index (χ0v) is 7.36. The fraction of sp³-hybridized carbons (Fsp3) is 0.625. The van der Waals surface area contributed by atoms with Gasteiger partial charge in [0.15, 0.2) is 5.69 Å². The Morgan fingerprint density at radius 1 is 1.50 bits per heavy atom. The van der Waals surface area contributed by atoms with Gasteiger partial charge < -0.3 is 5.73 Å². The number of alkyl halides is 3. The Balaban J connectivity index is 2.27. The average Bonchev–Trinajstić information content (AvgIpc) is 2.73. The van der Waals surface area contributed by atoms with Gasteiger partial charge in [-0.3, -0.25) is 5.10 Å². The number of H-pyrrole nitrogens is 1. The first-order valence-electron chi connectivity index (χ1n) is 4.31. The fourth-order valence-corrected chi connectivity index (χ4v) is 1.47. The quantitative estimate of drug-likeness (QED) is 0.767. The molecule has 0 spiro atoms. The fourth-order valence-electron chi connectivity index (χ4n) is 1.47. The molecule has 1 aliphatic carbocycles. The van der Waals surface area contributed by atoms with Gasteiger partial charge >= 0.3 is 6.18 Å². The van der Waals surface area contributed by atoms with E-state index in [1.807, 2.05) is 0 Å². The van der Waals surface area contributed by atoms with Gasteiger partial charge in [0.05, 0.1) is 0 Å². The van der Waals surface area contributed by atoms with Crippen LogP contribution in [0.2, 0.25) is 0 Å². The maximum Gasteiger partial charge on any atom is 0.435 e. The first kappa shape index (κ1) is 9.51. The second-order valence-electron chi connectivity index (χ2n) is 3.65. The lowest BCUT2D eigenvalue weighted by molar-refractivity contribution is -0.141. The summed E-state index contributed by atoms with van der Waals surface area (Å²) in [6, 6.07) is 1.06. The number of aromatic nitrogens is 2. The number of nitrogens with zero attached hydrogens (tertiary/aromatic N) is 1. The van der Waals surface area contributed by atoms with Gasteiger partial charge in [-0.15, -0.1) is 0 Å². The molecule has 2 rings (SSSR count). The summed E-state index contributed by atoms with van der Waals surface area (Å²) >= 11 is 0. The molecule has 0 unspecified atom stereocenters. The van der Waals surface area contributed by atoms with E-state index in [0.29, 0.717) is 12.2 Å². The molecular formula is C8H10F3N3. The zero-order chi connectivity index (χ0) is 10.4. The summed E-state index contributed by atoms with van der Waals surface area (Å²) < 4.78 is 36.6. The first-order chi connectivity index (χ1) is 6.48. The molecule has 1 saturated carbocycles. The van der Waals surface area contributed by atoms with Gasteiger partial charge in [-0.25, -0.2) is 0 Å². The Bertz CT molecular complexity index is 338. The third kappa shape index (κ3) is 1.39. The van der Waals surface area contributed by atoms with Gasteiger partial charge in [-0.1, -0.05) is 0 Å². The maximum absolute atomic E-state index is 12.2. The van der Waals surface area contributed by atoms with Crippen LogP contribution in [0.4, 0.5) is 13.2 Å². The van der Waals surface area contributed by atoms with E-state index in [2.05, 4.69) is 10.2 Å². The Labute approximate surface area is 78.5 Å². The number of aromatic amines is 1. The van der Waals surface area contributed by atoms with Crippen LogP contribution >= 0.6 is 0 Å².